The van der Waals surface area contributed by atoms with Crippen LogP contribution in [0.15, 0.2) is 72.0 Å². The highest BCUT2D eigenvalue weighted by molar-refractivity contribution is 6.04. The minimum absolute atomic E-state index is 0.0834. The number of imidazole rings is 1. The Morgan fingerprint density at radius 1 is 1.06 bits per heavy atom. The van der Waals surface area contributed by atoms with E-state index in [1.165, 1.54) is 29.4 Å². The first-order valence-electron chi connectivity index (χ1n) is 11.2. The fourth-order valence-electron chi connectivity index (χ4n) is 3.99. The second kappa shape index (κ2) is 10.1. The van der Waals surface area contributed by atoms with Gasteiger partial charge in [0.15, 0.2) is 24.2 Å². The van der Waals surface area contributed by atoms with Gasteiger partial charge in [0.2, 0.25) is 5.78 Å². The van der Waals surface area contributed by atoms with Crippen LogP contribution in [0.4, 0.5) is 10.2 Å². The van der Waals surface area contributed by atoms with Crippen LogP contribution in [0.1, 0.15) is 37.4 Å². The summed E-state index contributed by atoms with van der Waals surface area (Å²) in [6, 6.07) is 16.4. The number of halogens is 1. The van der Waals surface area contributed by atoms with Crippen molar-refractivity contribution in [3.63, 3.8) is 0 Å². The van der Waals surface area contributed by atoms with Gasteiger partial charge in [0.1, 0.15) is 25.1 Å². The van der Waals surface area contributed by atoms with E-state index in [-0.39, 0.29) is 36.0 Å². The normalized spacial score (nSPS) is 22.9. The monoisotopic (exact) mass is 492 g/mol. The molecule has 0 saturated carbocycles. The maximum Gasteiger partial charge on any atom is 0.338 e. The fraction of sp³-hybridized carbons (Fsp3) is 0.240. The number of alkyl halides is 1. The van der Waals surface area contributed by atoms with E-state index >= 15 is 4.39 Å². The Hall–Kier alpha value is -4.38. The van der Waals surface area contributed by atoms with Gasteiger partial charge in [-0.05, 0) is 24.3 Å². The summed E-state index contributed by atoms with van der Waals surface area (Å²) in [7, 11) is 0. The van der Waals surface area contributed by atoms with E-state index in [9.17, 15) is 14.4 Å². The summed E-state index contributed by atoms with van der Waals surface area (Å²) >= 11 is 0. The Kier molecular flexibility index (Phi) is 6.54. The average Bonchev–Trinajstić information content (AvgIpc) is 3.40. The fourth-order valence-corrected chi connectivity index (χ4v) is 3.99. The maximum atomic E-state index is 15.8. The van der Waals surface area contributed by atoms with Crippen molar-refractivity contribution in [3.8, 4) is 0 Å². The molecule has 4 atom stereocenters. The van der Waals surface area contributed by atoms with Crippen molar-refractivity contribution in [2.45, 2.75) is 24.6 Å². The molecule has 2 aliphatic rings. The Balaban J connectivity index is 1.40. The van der Waals surface area contributed by atoms with Crippen LogP contribution in [-0.2, 0) is 14.2 Å². The van der Waals surface area contributed by atoms with E-state index in [1.807, 2.05) is 0 Å². The van der Waals surface area contributed by atoms with Gasteiger partial charge in [0.05, 0.1) is 23.8 Å². The lowest BCUT2D eigenvalue weighted by Crippen LogP contribution is -2.37. The predicted octanol–water partition coefficient (Wildman–Crippen LogP) is 2.84. The molecule has 0 aliphatic carbocycles. The van der Waals surface area contributed by atoms with E-state index in [0.717, 1.165) is 0 Å². The molecule has 1 saturated heterocycles. The number of anilines is 1. The number of hydrogen-bond donors (Lipinski definition) is 1. The lowest BCUT2D eigenvalue weighted by atomic mass is 10.1. The number of benzene rings is 2. The summed E-state index contributed by atoms with van der Waals surface area (Å²) in [6.07, 6.45) is -3.13. The van der Waals surface area contributed by atoms with Crippen molar-refractivity contribution in [1.82, 2.24) is 9.55 Å². The summed E-state index contributed by atoms with van der Waals surface area (Å²) in [4.78, 5) is 45.4. The summed E-state index contributed by atoms with van der Waals surface area (Å²) in [6.45, 7) is -0.473. The molecule has 0 spiro atoms. The third-order valence-corrected chi connectivity index (χ3v) is 5.77. The third kappa shape index (κ3) is 4.60. The zero-order valence-corrected chi connectivity index (χ0v) is 18.8. The van der Waals surface area contributed by atoms with E-state index in [4.69, 9.17) is 14.2 Å². The number of nitrogens with zero attached hydrogens (tertiary/aromatic N) is 3. The standard InChI is InChI=1S/C25H21FN4O6/c26-19-21(36-25(33)16-9-5-2-6-10-16)18(12-34-24(32)15-7-3-1-4-8-15)35-23(19)30-14-29-20-17(31)11-27-13-28-22(20)30/h1-10,13-14,18-19,21,23H,11-12H2,(H,27,28)/t18-,19+,21-,23-/m1/s1. The molecule has 3 heterocycles. The number of esters is 2. The van der Waals surface area contributed by atoms with Gasteiger partial charge in [-0.15, -0.1) is 0 Å². The van der Waals surface area contributed by atoms with Crippen LogP contribution in [0.3, 0.4) is 0 Å². The van der Waals surface area contributed by atoms with Crippen molar-refractivity contribution >= 4 is 29.9 Å². The molecule has 0 radical (unpaired) electrons. The number of hydrogen-bond acceptors (Lipinski definition) is 9. The van der Waals surface area contributed by atoms with Gasteiger partial charge >= 0.3 is 11.9 Å². The zero-order valence-electron chi connectivity index (χ0n) is 18.8. The van der Waals surface area contributed by atoms with Crippen molar-refractivity contribution in [3.05, 3.63) is 83.8 Å². The van der Waals surface area contributed by atoms with Gasteiger partial charge in [0.25, 0.3) is 0 Å². The summed E-state index contributed by atoms with van der Waals surface area (Å²) in [5.74, 6) is -1.54. The summed E-state index contributed by atoms with van der Waals surface area (Å²) in [5, 5.41) is 2.82. The number of ether oxygens (including phenoxy) is 3. The molecule has 0 unspecified atom stereocenters. The van der Waals surface area contributed by atoms with Crippen molar-refractivity contribution in [2.75, 3.05) is 18.5 Å². The van der Waals surface area contributed by atoms with Crippen molar-refractivity contribution in [2.24, 2.45) is 4.99 Å². The van der Waals surface area contributed by atoms with Crippen LogP contribution in [0.2, 0.25) is 0 Å². The van der Waals surface area contributed by atoms with Crippen molar-refractivity contribution in [1.29, 1.82) is 0 Å². The number of carbonyl (C=O) groups excluding carboxylic acids is 3. The summed E-state index contributed by atoms with van der Waals surface area (Å²) < 4.78 is 33.9. The number of aromatic nitrogens is 2. The molecule has 1 aromatic heterocycles. The first kappa shape index (κ1) is 23.4. The first-order valence-corrected chi connectivity index (χ1v) is 11.2. The van der Waals surface area contributed by atoms with Crippen LogP contribution in [0.25, 0.3) is 0 Å². The number of Topliss-reactive ketones (excluding diaryl/α,β-unsaturated/α-hetero) is 1. The van der Waals surface area contributed by atoms with Gasteiger partial charge < -0.3 is 19.5 Å². The third-order valence-electron chi connectivity index (χ3n) is 5.77. The molecule has 1 N–H and O–H groups in total. The number of ketones is 1. The zero-order chi connectivity index (χ0) is 25.1. The van der Waals surface area contributed by atoms with Crippen LogP contribution >= 0.6 is 0 Å². The lowest BCUT2D eigenvalue weighted by molar-refractivity contribution is -0.0574. The van der Waals surface area contributed by atoms with Crippen LogP contribution in [-0.4, -0.2) is 65.1 Å². The number of nitrogens with one attached hydrogen (secondary N) is 1. The van der Waals surface area contributed by atoms with E-state index in [2.05, 4.69) is 15.3 Å². The Morgan fingerprint density at radius 3 is 2.42 bits per heavy atom. The smallest absolute Gasteiger partial charge is 0.338 e. The minimum atomic E-state index is -1.87. The molecule has 10 nitrogen and oxygen atoms in total. The van der Waals surface area contributed by atoms with Gasteiger partial charge in [-0.25, -0.2) is 19.0 Å². The Labute approximate surface area is 204 Å². The van der Waals surface area contributed by atoms with Gasteiger partial charge in [-0.2, -0.15) is 0 Å². The number of carbonyl (C=O) groups is 3. The van der Waals surface area contributed by atoms with Crippen molar-refractivity contribution < 1.29 is 33.0 Å². The molecule has 3 aromatic rings. The summed E-state index contributed by atoms with van der Waals surface area (Å²) in [5.41, 5.74) is 0.622. The van der Waals surface area contributed by atoms with Crippen LogP contribution in [0.5, 0.6) is 0 Å². The molecule has 1 fully saturated rings. The van der Waals surface area contributed by atoms with E-state index < -0.39 is 36.5 Å². The molecule has 0 amide bonds. The highest BCUT2D eigenvalue weighted by Crippen LogP contribution is 2.37. The van der Waals surface area contributed by atoms with Gasteiger partial charge in [-0.1, -0.05) is 36.4 Å². The Bertz CT molecular complexity index is 1300. The van der Waals surface area contributed by atoms with Crippen LogP contribution in [0, 0.1) is 0 Å². The molecule has 0 bridgehead atoms. The largest absolute Gasteiger partial charge is 0.459 e. The SMILES string of the molecule is O=C(OC[C@H]1O[C@@H](n2cnc3c2NC=NCC3=O)[C@@H](F)[C@@H]1OC(=O)c1ccccc1)c1ccccc1. The average molecular weight is 492 g/mol. The molecule has 11 heteroatoms. The number of aliphatic imine (C=N–C) groups is 1. The van der Waals surface area contributed by atoms with E-state index in [1.54, 1.807) is 48.5 Å². The number of rotatable bonds is 6. The quantitative estimate of drug-likeness (QED) is 0.522. The second-order valence-corrected chi connectivity index (χ2v) is 8.10. The molecular formula is C25H21FN4O6. The lowest BCUT2D eigenvalue weighted by Gasteiger charge is -2.19. The molecule has 2 aliphatic heterocycles. The first-order chi connectivity index (χ1) is 17.5. The molecule has 2 aromatic carbocycles. The minimum Gasteiger partial charge on any atom is -0.459 e. The van der Waals surface area contributed by atoms with E-state index in [0.29, 0.717) is 5.56 Å². The molecular weight excluding hydrogens is 471 g/mol. The molecule has 5 rings (SSSR count). The predicted molar refractivity (Wildman–Crippen MR) is 125 cm³/mol. The second-order valence-electron chi connectivity index (χ2n) is 8.10. The van der Waals surface area contributed by atoms with Gasteiger partial charge in [-0.3, -0.25) is 14.4 Å². The highest BCUT2D eigenvalue weighted by Gasteiger charge is 2.50. The molecule has 184 valence electrons. The van der Waals surface area contributed by atoms with Crippen LogP contribution < -0.4 is 5.32 Å². The highest BCUT2D eigenvalue weighted by atomic mass is 19.1. The maximum absolute atomic E-state index is 15.8. The topological polar surface area (TPSA) is 121 Å². The van der Waals surface area contributed by atoms with Gasteiger partial charge in [0, 0.05) is 0 Å². The number of fused-ring (bicyclic) bond motifs is 1. The molecule has 36 heavy (non-hydrogen) atoms. The Morgan fingerprint density at radius 2 is 1.72 bits per heavy atom.